The molecule has 3 aromatic rings. The Morgan fingerprint density at radius 3 is 2.23 bits per heavy atom. The van der Waals surface area contributed by atoms with Crippen molar-refractivity contribution in [3.05, 3.63) is 77.4 Å². The predicted molar refractivity (Wildman–Crippen MR) is 114 cm³/mol. The largest absolute Gasteiger partial charge is 0.297 e. The molecule has 4 rings (SSSR count). The topological polar surface area (TPSA) is 50.1 Å². The van der Waals surface area contributed by atoms with E-state index in [4.69, 9.17) is 0 Å². The monoisotopic (exact) mass is 408 g/mol. The summed E-state index contributed by atoms with van der Waals surface area (Å²) in [6.45, 7) is 10.9. The van der Waals surface area contributed by atoms with Gasteiger partial charge in [0.15, 0.2) is 5.82 Å². The molecule has 0 saturated carbocycles. The predicted octanol–water partition coefficient (Wildman–Crippen LogP) is 3.47. The van der Waals surface area contributed by atoms with Gasteiger partial charge in [0.05, 0.1) is 11.6 Å². The number of benzene rings is 2. The summed E-state index contributed by atoms with van der Waals surface area (Å²) in [4.78, 5) is 4.88. The van der Waals surface area contributed by atoms with Crippen molar-refractivity contribution >= 4 is 0 Å². The number of piperazine rings is 1. The molecule has 0 unspecified atom stereocenters. The molecular weight excluding hydrogens is 379 g/mol. The van der Waals surface area contributed by atoms with Gasteiger partial charge in [0.25, 0.3) is 0 Å². The molecule has 1 atom stereocenters. The van der Waals surface area contributed by atoms with Crippen molar-refractivity contribution in [2.75, 3.05) is 26.2 Å². The number of rotatable bonds is 5. The Bertz CT molecular complexity index is 940. The van der Waals surface area contributed by atoms with Crippen molar-refractivity contribution in [3.8, 4) is 0 Å². The van der Waals surface area contributed by atoms with Gasteiger partial charge in [-0.05, 0) is 54.5 Å². The Morgan fingerprint density at radius 1 is 0.933 bits per heavy atom. The fourth-order valence-corrected chi connectivity index (χ4v) is 4.03. The number of halogens is 1. The van der Waals surface area contributed by atoms with E-state index >= 15 is 0 Å². The minimum atomic E-state index is -0.244. The zero-order valence-corrected chi connectivity index (χ0v) is 17.9. The smallest absolute Gasteiger partial charge is 0.173 e. The molecule has 1 aliphatic rings. The van der Waals surface area contributed by atoms with Crippen LogP contribution in [-0.2, 0) is 12.1 Å². The maximum atomic E-state index is 13.6. The van der Waals surface area contributed by atoms with Crippen LogP contribution in [0, 0.1) is 5.82 Å². The quantitative estimate of drug-likeness (QED) is 0.647. The number of hydrogen-bond acceptors (Lipinski definition) is 5. The standard InChI is InChI=1S/C23H29FN6/c1-23(2,3)30-22(25-26-27-30)21(19-9-11-20(24)12-10-19)29-15-13-28(14-16-29)17-18-7-5-4-6-8-18/h4-12,21H,13-17H2,1-3H3/t21-/m1/s1. The van der Waals surface area contributed by atoms with Crippen LogP contribution in [0.3, 0.4) is 0 Å². The Balaban J connectivity index is 1.57. The molecule has 7 heteroatoms. The van der Waals surface area contributed by atoms with Crippen molar-refractivity contribution in [1.29, 1.82) is 0 Å². The molecule has 0 radical (unpaired) electrons. The highest BCUT2D eigenvalue weighted by Gasteiger charge is 2.33. The summed E-state index contributed by atoms with van der Waals surface area (Å²) in [5.74, 6) is 0.561. The molecule has 0 N–H and O–H groups in total. The number of tetrazole rings is 1. The Morgan fingerprint density at radius 2 is 1.60 bits per heavy atom. The van der Waals surface area contributed by atoms with E-state index < -0.39 is 0 Å². The first-order valence-corrected chi connectivity index (χ1v) is 10.5. The molecular formula is C23H29FN6. The van der Waals surface area contributed by atoms with Gasteiger partial charge >= 0.3 is 0 Å². The number of aromatic nitrogens is 4. The third-order valence-electron chi connectivity index (χ3n) is 5.58. The van der Waals surface area contributed by atoms with Crippen LogP contribution in [0.4, 0.5) is 4.39 Å². The normalized spacial score (nSPS) is 17.2. The fourth-order valence-electron chi connectivity index (χ4n) is 4.03. The number of nitrogens with zero attached hydrogens (tertiary/aromatic N) is 6. The van der Waals surface area contributed by atoms with E-state index in [0.29, 0.717) is 0 Å². The number of hydrogen-bond donors (Lipinski definition) is 0. The van der Waals surface area contributed by atoms with Gasteiger partial charge in [0.2, 0.25) is 0 Å². The first-order valence-electron chi connectivity index (χ1n) is 10.5. The Labute approximate surface area is 177 Å². The minimum absolute atomic E-state index is 0.112. The molecule has 30 heavy (non-hydrogen) atoms. The molecule has 1 aromatic heterocycles. The van der Waals surface area contributed by atoms with Gasteiger partial charge in [-0.2, -0.15) is 0 Å². The average Bonchev–Trinajstić information content (AvgIpc) is 3.22. The lowest BCUT2D eigenvalue weighted by Crippen LogP contribution is -2.48. The average molecular weight is 409 g/mol. The summed E-state index contributed by atoms with van der Waals surface area (Å²) in [6.07, 6.45) is 0. The summed E-state index contributed by atoms with van der Waals surface area (Å²) >= 11 is 0. The van der Waals surface area contributed by atoms with Crippen LogP contribution in [0.5, 0.6) is 0 Å². The van der Waals surface area contributed by atoms with Gasteiger partial charge < -0.3 is 0 Å². The van der Waals surface area contributed by atoms with Crippen molar-refractivity contribution in [2.24, 2.45) is 0 Å². The van der Waals surface area contributed by atoms with Crippen molar-refractivity contribution in [2.45, 2.75) is 38.9 Å². The van der Waals surface area contributed by atoms with Crippen LogP contribution in [0.1, 0.15) is 43.8 Å². The summed E-state index contributed by atoms with van der Waals surface area (Å²) in [6, 6.07) is 17.2. The van der Waals surface area contributed by atoms with E-state index in [1.165, 1.54) is 17.7 Å². The van der Waals surface area contributed by atoms with Gasteiger partial charge in [-0.25, -0.2) is 9.07 Å². The van der Waals surface area contributed by atoms with Gasteiger partial charge in [0, 0.05) is 32.7 Å². The fraction of sp³-hybridized carbons (Fsp3) is 0.435. The van der Waals surface area contributed by atoms with Gasteiger partial charge in [-0.1, -0.05) is 42.5 Å². The van der Waals surface area contributed by atoms with Gasteiger partial charge in [-0.3, -0.25) is 9.80 Å². The van der Waals surface area contributed by atoms with E-state index in [2.05, 4.69) is 70.4 Å². The first-order chi connectivity index (χ1) is 14.4. The molecule has 0 aliphatic carbocycles. The minimum Gasteiger partial charge on any atom is -0.297 e. The molecule has 0 amide bonds. The van der Waals surface area contributed by atoms with E-state index in [1.807, 2.05) is 22.9 Å². The lowest BCUT2D eigenvalue weighted by molar-refractivity contribution is 0.0979. The van der Waals surface area contributed by atoms with E-state index in [-0.39, 0.29) is 17.4 Å². The lowest BCUT2D eigenvalue weighted by atomic mass is 10.0. The van der Waals surface area contributed by atoms with E-state index in [1.54, 1.807) is 0 Å². The second kappa shape index (κ2) is 8.62. The van der Waals surface area contributed by atoms with E-state index in [9.17, 15) is 4.39 Å². The Hall–Kier alpha value is -2.64. The highest BCUT2D eigenvalue weighted by Crippen LogP contribution is 2.30. The van der Waals surface area contributed by atoms with Crippen LogP contribution >= 0.6 is 0 Å². The van der Waals surface area contributed by atoms with E-state index in [0.717, 1.165) is 44.1 Å². The van der Waals surface area contributed by atoms with Gasteiger partial charge in [-0.15, -0.1) is 5.10 Å². The third kappa shape index (κ3) is 4.57. The highest BCUT2D eigenvalue weighted by atomic mass is 19.1. The first kappa shape index (κ1) is 20.6. The molecule has 0 bridgehead atoms. The lowest BCUT2D eigenvalue weighted by Gasteiger charge is -2.39. The van der Waals surface area contributed by atoms with Crippen molar-refractivity contribution in [1.82, 2.24) is 30.0 Å². The zero-order chi connectivity index (χ0) is 21.1. The second-order valence-corrected chi connectivity index (χ2v) is 8.87. The SMILES string of the molecule is CC(C)(C)n1nnnc1[C@@H](c1ccc(F)cc1)N1CCN(Cc2ccccc2)CC1. The molecule has 1 saturated heterocycles. The summed E-state index contributed by atoms with van der Waals surface area (Å²) in [5, 5.41) is 12.6. The van der Waals surface area contributed by atoms with Crippen LogP contribution in [0.2, 0.25) is 0 Å². The summed E-state index contributed by atoms with van der Waals surface area (Å²) < 4.78 is 15.5. The maximum absolute atomic E-state index is 13.6. The molecule has 1 aliphatic heterocycles. The van der Waals surface area contributed by atoms with Crippen LogP contribution in [-0.4, -0.2) is 56.2 Å². The highest BCUT2D eigenvalue weighted by molar-refractivity contribution is 5.26. The van der Waals surface area contributed by atoms with Crippen LogP contribution < -0.4 is 0 Å². The summed E-state index contributed by atoms with van der Waals surface area (Å²) in [7, 11) is 0. The summed E-state index contributed by atoms with van der Waals surface area (Å²) in [5.41, 5.74) is 2.10. The van der Waals surface area contributed by atoms with Crippen molar-refractivity contribution in [3.63, 3.8) is 0 Å². The zero-order valence-electron chi connectivity index (χ0n) is 17.9. The second-order valence-electron chi connectivity index (χ2n) is 8.87. The maximum Gasteiger partial charge on any atom is 0.173 e. The van der Waals surface area contributed by atoms with Crippen LogP contribution in [0.25, 0.3) is 0 Å². The third-order valence-corrected chi connectivity index (χ3v) is 5.58. The molecule has 2 heterocycles. The molecule has 2 aromatic carbocycles. The van der Waals surface area contributed by atoms with Crippen molar-refractivity contribution < 1.29 is 4.39 Å². The van der Waals surface area contributed by atoms with Crippen LogP contribution in [0.15, 0.2) is 54.6 Å². The molecule has 1 fully saturated rings. The molecule has 158 valence electrons. The Kier molecular flexibility index (Phi) is 5.92. The van der Waals surface area contributed by atoms with Gasteiger partial charge in [0.1, 0.15) is 5.82 Å². The molecule has 6 nitrogen and oxygen atoms in total. The molecule has 0 spiro atoms.